The van der Waals surface area contributed by atoms with Crippen LogP contribution >= 0.6 is 0 Å². The Labute approximate surface area is 209 Å². The summed E-state index contributed by atoms with van der Waals surface area (Å²) >= 11 is 0. The van der Waals surface area contributed by atoms with Crippen LogP contribution in [-0.2, 0) is 26.0 Å². The lowest BCUT2D eigenvalue weighted by molar-refractivity contribution is -0.162. The van der Waals surface area contributed by atoms with E-state index in [0.29, 0.717) is 18.6 Å². The highest BCUT2D eigenvalue weighted by atomic mass is 32.2. The predicted octanol–water partition coefficient (Wildman–Crippen LogP) is 6.95. The van der Waals surface area contributed by atoms with Crippen molar-refractivity contribution in [3.63, 3.8) is 0 Å². The first-order valence-corrected chi connectivity index (χ1v) is 13.0. The number of hydrogen-bond donors (Lipinski definition) is 0. The average molecular weight is 480 g/mol. The summed E-state index contributed by atoms with van der Waals surface area (Å²) in [5.74, 6) is 0.281. The third-order valence-electron chi connectivity index (χ3n) is 6.04. The van der Waals surface area contributed by atoms with E-state index < -0.39 is 5.60 Å². The molecule has 1 aliphatic rings. The highest BCUT2D eigenvalue weighted by molar-refractivity contribution is 7.97. The molecule has 0 saturated carbocycles. The number of esters is 1. The summed E-state index contributed by atoms with van der Waals surface area (Å²) in [6, 6.07) is 39.0. The van der Waals surface area contributed by atoms with Gasteiger partial charge in [-0.15, -0.1) is 0 Å². The van der Waals surface area contributed by atoms with Gasteiger partial charge in [-0.25, -0.2) is 4.79 Å². The molecule has 0 amide bonds. The Balaban J connectivity index is 1.27. The van der Waals surface area contributed by atoms with E-state index in [2.05, 4.69) is 72.8 Å². The third kappa shape index (κ3) is 5.33. The molecule has 0 bridgehead atoms. The molecular formula is C31H27O3S+. The normalized spacial score (nSPS) is 14.1. The second-order valence-electron chi connectivity index (χ2n) is 8.41. The van der Waals surface area contributed by atoms with E-state index in [4.69, 9.17) is 9.47 Å². The minimum atomic E-state index is -0.634. The number of ether oxygens (including phenoxy) is 2. The third-order valence-corrected chi connectivity index (χ3v) is 8.28. The van der Waals surface area contributed by atoms with Gasteiger partial charge >= 0.3 is 5.97 Å². The molecule has 4 heteroatoms. The van der Waals surface area contributed by atoms with E-state index >= 15 is 0 Å². The second-order valence-corrected chi connectivity index (χ2v) is 10.4. The fourth-order valence-electron chi connectivity index (χ4n) is 4.33. The van der Waals surface area contributed by atoms with Crippen molar-refractivity contribution < 1.29 is 14.3 Å². The second kappa shape index (κ2) is 10.7. The largest absolute Gasteiger partial charge is 0.482 e. The lowest BCUT2D eigenvalue weighted by atomic mass is 9.91. The standard InChI is InChI=1S/C31H27O3S/c32-30(34-31(22-10-11-23-31)25-12-4-1-5-13-25)24-33-26-18-20-29(21-19-26)35(27-14-6-2-7-15-27)28-16-8-3-9-17-28/h1-21H,22-24H2/q+1. The van der Waals surface area contributed by atoms with Crippen LogP contribution in [0.3, 0.4) is 0 Å². The molecule has 5 rings (SSSR count). The van der Waals surface area contributed by atoms with E-state index in [0.717, 1.165) is 5.56 Å². The van der Waals surface area contributed by atoms with E-state index in [-0.39, 0.29) is 23.5 Å². The topological polar surface area (TPSA) is 35.5 Å². The first-order valence-electron chi connectivity index (χ1n) is 11.7. The fraction of sp³-hybridized carbons (Fsp3) is 0.129. The number of carbonyl (C=O) groups is 1. The van der Waals surface area contributed by atoms with Gasteiger partial charge in [0.05, 0.1) is 10.9 Å². The molecule has 0 aliphatic heterocycles. The van der Waals surface area contributed by atoms with Gasteiger partial charge in [0.1, 0.15) is 11.4 Å². The van der Waals surface area contributed by atoms with Crippen LogP contribution in [-0.4, -0.2) is 12.6 Å². The van der Waals surface area contributed by atoms with Crippen molar-refractivity contribution in [1.29, 1.82) is 0 Å². The maximum Gasteiger partial charge on any atom is 0.345 e. The quantitative estimate of drug-likeness (QED) is 0.156. The van der Waals surface area contributed by atoms with Crippen molar-refractivity contribution in [2.75, 3.05) is 6.61 Å². The number of rotatable bonds is 8. The summed E-state index contributed by atoms with van der Waals surface area (Å²) in [6.07, 6.45) is 5.49. The van der Waals surface area contributed by atoms with Crippen molar-refractivity contribution >= 4 is 16.9 Å². The zero-order valence-electron chi connectivity index (χ0n) is 19.4. The van der Waals surface area contributed by atoms with Crippen LogP contribution in [0.1, 0.15) is 18.4 Å². The predicted molar refractivity (Wildman–Crippen MR) is 140 cm³/mol. The maximum atomic E-state index is 12.7. The minimum absolute atomic E-state index is 0.128. The van der Waals surface area contributed by atoms with Gasteiger partial charge in [-0.2, -0.15) is 0 Å². The zero-order chi connectivity index (χ0) is 23.9. The Morgan fingerprint density at radius 1 is 0.657 bits per heavy atom. The first kappa shape index (κ1) is 23.0. The Morgan fingerprint density at radius 2 is 1.14 bits per heavy atom. The molecule has 0 saturated heterocycles. The van der Waals surface area contributed by atoms with Crippen molar-refractivity contribution in [3.05, 3.63) is 133 Å². The van der Waals surface area contributed by atoms with E-state index in [1.807, 2.05) is 54.6 Å². The van der Waals surface area contributed by atoms with Crippen LogP contribution in [0.4, 0.5) is 0 Å². The maximum absolute atomic E-state index is 12.7. The van der Waals surface area contributed by atoms with Gasteiger partial charge in [0, 0.05) is 12.8 Å². The molecule has 0 unspecified atom stereocenters. The molecule has 0 radical (unpaired) electrons. The summed E-state index contributed by atoms with van der Waals surface area (Å²) in [5.41, 5.74) is 0.377. The van der Waals surface area contributed by atoms with Crippen LogP contribution in [0.5, 0.6) is 5.75 Å². The van der Waals surface area contributed by atoms with Crippen LogP contribution in [0.25, 0.3) is 0 Å². The smallest absolute Gasteiger partial charge is 0.345 e. The minimum Gasteiger partial charge on any atom is -0.482 e. The molecule has 0 aromatic heterocycles. The number of hydrogen-bond acceptors (Lipinski definition) is 3. The molecule has 35 heavy (non-hydrogen) atoms. The highest BCUT2D eigenvalue weighted by Gasteiger charge is 2.37. The van der Waals surface area contributed by atoms with Crippen LogP contribution in [0.2, 0.25) is 0 Å². The van der Waals surface area contributed by atoms with Crippen molar-refractivity contribution in [1.82, 2.24) is 0 Å². The SMILES string of the molecule is O=C(COc1ccc([S+](c2ccccc2)c2ccccc2)cc1)OC1(c2ccccc2)CC=CC1. The van der Waals surface area contributed by atoms with Crippen molar-refractivity contribution in [2.45, 2.75) is 33.1 Å². The zero-order valence-corrected chi connectivity index (χ0v) is 20.2. The highest BCUT2D eigenvalue weighted by Crippen LogP contribution is 2.38. The molecule has 174 valence electrons. The molecule has 0 atom stereocenters. The monoisotopic (exact) mass is 479 g/mol. The summed E-state index contributed by atoms with van der Waals surface area (Å²) < 4.78 is 11.8. The van der Waals surface area contributed by atoms with E-state index in [9.17, 15) is 4.79 Å². The van der Waals surface area contributed by atoms with Gasteiger partial charge in [-0.3, -0.25) is 0 Å². The molecule has 0 heterocycles. The van der Waals surface area contributed by atoms with Gasteiger partial charge in [0.15, 0.2) is 21.3 Å². The Morgan fingerprint density at radius 3 is 1.69 bits per heavy atom. The molecule has 3 nitrogen and oxygen atoms in total. The molecule has 4 aromatic rings. The molecule has 0 spiro atoms. The Kier molecular flexibility index (Phi) is 7.01. The molecule has 1 aliphatic carbocycles. The summed E-state index contributed by atoms with van der Waals surface area (Å²) in [4.78, 5) is 16.4. The molecule has 4 aromatic carbocycles. The lowest BCUT2D eigenvalue weighted by Crippen LogP contribution is -2.32. The van der Waals surface area contributed by atoms with E-state index in [1.54, 1.807) is 0 Å². The lowest BCUT2D eigenvalue weighted by Gasteiger charge is -2.29. The van der Waals surface area contributed by atoms with Crippen molar-refractivity contribution in [2.24, 2.45) is 0 Å². The average Bonchev–Trinajstić information content (AvgIpc) is 3.40. The van der Waals surface area contributed by atoms with Crippen molar-refractivity contribution in [3.8, 4) is 5.75 Å². The first-order chi connectivity index (χ1) is 17.2. The fourth-order valence-corrected chi connectivity index (χ4v) is 6.42. The Hall–Kier alpha value is -3.76. The van der Waals surface area contributed by atoms with Crippen LogP contribution < -0.4 is 4.74 Å². The molecule has 0 N–H and O–H groups in total. The van der Waals surface area contributed by atoms with Gasteiger partial charge in [0.2, 0.25) is 0 Å². The summed E-state index contributed by atoms with van der Waals surface area (Å²) in [5, 5.41) is 0. The summed E-state index contributed by atoms with van der Waals surface area (Å²) in [6.45, 7) is -0.128. The van der Waals surface area contributed by atoms with E-state index in [1.165, 1.54) is 14.7 Å². The van der Waals surface area contributed by atoms with Gasteiger partial charge in [-0.05, 0) is 54.1 Å². The number of carbonyl (C=O) groups excluding carboxylic acids is 1. The van der Waals surface area contributed by atoms with Crippen LogP contribution in [0, 0.1) is 0 Å². The Bertz CT molecular complexity index is 1220. The van der Waals surface area contributed by atoms with Crippen LogP contribution in [0.15, 0.2) is 142 Å². The number of benzene rings is 4. The molecule has 0 fully saturated rings. The summed E-state index contributed by atoms with van der Waals surface area (Å²) in [7, 11) is -0.220. The van der Waals surface area contributed by atoms with Gasteiger partial charge < -0.3 is 9.47 Å². The molecular weight excluding hydrogens is 452 g/mol. The van der Waals surface area contributed by atoms with Gasteiger partial charge in [0.25, 0.3) is 0 Å². The van der Waals surface area contributed by atoms with Gasteiger partial charge in [-0.1, -0.05) is 78.9 Å².